The highest BCUT2D eigenvalue weighted by molar-refractivity contribution is 7.92. The molecule has 1 fully saturated rings. The van der Waals surface area contributed by atoms with Crippen molar-refractivity contribution in [2.45, 2.75) is 23.0 Å². The number of hydrogen-bond donors (Lipinski definition) is 1. The summed E-state index contributed by atoms with van der Waals surface area (Å²) in [4.78, 5) is 0.474. The first-order chi connectivity index (χ1) is 11.9. The summed E-state index contributed by atoms with van der Waals surface area (Å²) in [6, 6.07) is 16.4. The van der Waals surface area contributed by atoms with Gasteiger partial charge in [0.1, 0.15) is 0 Å². The van der Waals surface area contributed by atoms with Crippen LogP contribution in [0.1, 0.15) is 17.0 Å². The zero-order valence-electron chi connectivity index (χ0n) is 14.2. The van der Waals surface area contributed by atoms with Gasteiger partial charge in [-0.05, 0) is 24.6 Å². The Kier molecular flexibility index (Phi) is 4.70. The second-order valence-corrected chi connectivity index (χ2v) is 9.01. The number of methoxy groups -OCH3 is 1. The molecule has 1 saturated carbocycles. The first kappa shape index (κ1) is 18.0. The maximum Gasteiger partial charge on any atom is 0.182 e. The fourth-order valence-corrected chi connectivity index (χ4v) is 6.41. The minimum atomic E-state index is -3.60. The minimum Gasteiger partial charge on any atom is -0.393 e. The van der Waals surface area contributed by atoms with Crippen molar-refractivity contribution in [3.8, 4) is 0 Å². The molecule has 6 heteroatoms. The summed E-state index contributed by atoms with van der Waals surface area (Å²) < 4.78 is 32.0. The van der Waals surface area contributed by atoms with Crippen LogP contribution < -0.4 is 5.73 Å². The van der Waals surface area contributed by atoms with E-state index < -0.39 is 20.5 Å². The van der Waals surface area contributed by atoms with Crippen LogP contribution in [0.2, 0.25) is 0 Å². The standard InChI is InChI=1S/C19H21NO3S2/c1-13-8-10-15(11-9-13)25(21,22)17-16(14-6-4-3-5-7-14)19(17,12-23-2)18(20)24/h3-11,16-17H,12H2,1-2H3,(H2,20,24)/t16-,17+,19+/m1/s1. The van der Waals surface area contributed by atoms with Gasteiger partial charge in [-0.1, -0.05) is 60.2 Å². The normalized spacial score (nSPS) is 25.5. The molecule has 1 aliphatic carbocycles. The maximum atomic E-state index is 13.3. The Balaban J connectivity index is 2.11. The van der Waals surface area contributed by atoms with E-state index >= 15 is 0 Å². The lowest BCUT2D eigenvalue weighted by molar-refractivity contribution is 0.166. The number of aryl methyl sites for hydroxylation is 1. The predicted molar refractivity (Wildman–Crippen MR) is 102 cm³/mol. The molecule has 0 spiro atoms. The Labute approximate surface area is 153 Å². The van der Waals surface area contributed by atoms with E-state index in [0.29, 0.717) is 4.90 Å². The van der Waals surface area contributed by atoms with Gasteiger partial charge in [-0.2, -0.15) is 0 Å². The largest absolute Gasteiger partial charge is 0.393 e. The second kappa shape index (κ2) is 6.52. The molecule has 0 aromatic heterocycles. The van der Waals surface area contributed by atoms with E-state index in [-0.39, 0.29) is 17.5 Å². The smallest absolute Gasteiger partial charge is 0.182 e. The molecule has 3 rings (SSSR count). The first-order valence-electron chi connectivity index (χ1n) is 8.00. The fourth-order valence-electron chi connectivity index (χ4n) is 3.64. The third-order valence-corrected chi connectivity index (χ3v) is 7.61. The third-order valence-electron chi connectivity index (χ3n) is 4.94. The van der Waals surface area contributed by atoms with Gasteiger partial charge < -0.3 is 10.5 Å². The van der Waals surface area contributed by atoms with Crippen molar-refractivity contribution in [3.63, 3.8) is 0 Å². The summed E-state index contributed by atoms with van der Waals surface area (Å²) in [7, 11) is -2.06. The summed E-state index contributed by atoms with van der Waals surface area (Å²) >= 11 is 5.29. The SMILES string of the molecule is COC[C@]1(C(N)=S)[C@H](c2ccccc2)[C@@H]1S(=O)(=O)c1ccc(C)cc1. The van der Waals surface area contributed by atoms with E-state index in [9.17, 15) is 8.42 Å². The number of ether oxygens (including phenoxy) is 1. The van der Waals surface area contributed by atoms with E-state index in [4.69, 9.17) is 22.7 Å². The van der Waals surface area contributed by atoms with Gasteiger partial charge in [-0.3, -0.25) is 0 Å². The molecule has 0 radical (unpaired) electrons. The highest BCUT2D eigenvalue weighted by Crippen LogP contribution is 2.64. The van der Waals surface area contributed by atoms with Crippen LogP contribution in [-0.2, 0) is 14.6 Å². The van der Waals surface area contributed by atoms with Crippen LogP contribution in [0.4, 0.5) is 0 Å². The minimum absolute atomic E-state index is 0.178. The van der Waals surface area contributed by atoms with Gasteiger partial charge in [-0.25, -0.2) is 8.42 Å². The first-order valence-corrected chi connectivity index (χ1v) is 9.95. The number of thiocarbonyl (C=S) groups is 1. The van der Waals surface area contributed by atoms with Crippen LogP contribution in [-0.4, -0.2) is 32.4 Å². The molecule has 0 unspecified atom stereocenters. The Morgan fingerprint density at radius 2 is 1.76 bits per heavy atom. The average molecular weight is 376 g/mol. The summed E-state index contributed by atoms with van der Waals surface area (Å²) in [5.41, 5.74) is 7.06. The molecule has 4 nitrogen and oxygen atoms in total. The number of hydrogen-bond acceptors (Lipinski definition) is 4. The van der Waals surface area contributed by atoms with Crippen LogP contribution >= 0.6 is 12.2 Å². The maximum absolute atomic E-state index is 13.3. The molecule has 0 heterocycles. The Morgan fingerprint density at radius 1 is 1.16 bits per heavy atom. The Hall–Kier alpha value is -1.76. The quantitative estimate of drug-likeness (QED) is 0.786. The van der Waals surface area contributed by atoms with E-state index in [1.807, 2.05) is 37.3 Å². The zero-order valence-corrected chi connectivity index (χ0v) is 15.8. The molecule has 25 heavy (non-hydrogen) atoms. The highest BCUT2D eigenvalue weighted by atomic mass is 32.2. The molecule has 0 aliphatic heterocycles. The van der Waals surface area contributed by atoms with Crippen LogP contribution in [0.25, 0.3) is 0 Å². The number of benzene rings is 2. The van der Waals surface area contributed by atoms with Gasteiger partial charge in [0, 0.05) is 13.0 Å². The van der Waals surface area contributed by atoms with E-state index in [2.05, 4.69) is 0 Å². The lowest BCUT2D eigenvalue weighted by atomic mass is 10.00. The average Bonchev–Trinajstić information content (AvgIpc) is 3.27. The van der Waals surface area contributed by atoms with Gasteiger partial charge in [-0.15, -0.1) is 0 Å². The molecule has 2 N–H and O–H groups in total. The fraction of sp³-hybridized carbons (Fsp3) is 0.316. The van der Waals surface area contributed by atoms with Crippen LogP contribution in [0.5, 0.6) is 0 Å². The van der Waals surface area contributed by atoms with Gasteiger partial charge in [0.05, 0.1) is 27.2 Å². The van der Waals surface area contributed by atoms with Crippen molar-refractivity contribution in [1.82, 2.24) is 0 Å². The molecule has 1 aliphatic rings. The van der Waals surface area contributed by atoms with E-state index in [0.717, 1.165) is 11.1 Å². The molecule has 132 valence electrons. The van der Waals surface area contributed by atoms with Gasteiger partial charge in [0.25, 0.3) is 0 Å². The zero-order chi connectivity index (χ0) is 18.2. The topological polar surface area (TPSA) is 69.4 Å². The van der Waals surface area contributed by atoms with Gasteiger partial charge in [0.2, 0.25) is 0 Å². The lowest BCUT2D eigenvalue weighted by Crippen LogP contribution is -2.33. The predicted octanol–water partition coefficient (Wildman–Crippen LogP) is 2.85. The Bertz CT molecular complexity index is 879. The van der Waals surface area contributed by atoms with Crippen molar-refractivity contribution in [3.05, 3.63) is 65.7 Å². The molecule has 3 atom stereocenters. The van der Waals surface area contributed by atoms with Crippen LogP contribution in [0.15, 0.2) is 59.5 Å². The van der Waals surface area contributed by atoms with E-state index in [1.54, 1.807) is 24.3 Å². The summed E-state index contributed by atoms with van der Waals surface area (Å²) in [5, 5.41) is -0.720. The molecule has 0 saturated heterocycles. The molecule has 2 aromatic carbocycles. The van der Waals surface area contributed by atoms with E-state index in [1.165, 1.54) is 7.11 Å². The van der Waals surface area contributed by atoms with Crippen molar-refractivity contribution < 1.29 is 13.2 Å². The molecular formula is C19H21NO3S2. The van der Waals surface area contributed by atoms with Gasteiger partial charge in [0.15, 0.2) is 9.84 Å². The lowest BCUT2D eigenvalue weighted by Gasteiger charge is -2.16. The highest BCUT2D eigenvalue weighted by Gasteiger charge is 2.73. The second-order valence-electron chi connectivity index (χ2n) is 6.50. The van der Waals surface area contributed by atoms with Crippen molar-refractivity contribution in [1.29, 1.82) is 0 Å². The van der Waals surface area contributed by atoms with Crippen molar-refractivity contribution in [2.24, 2.45) is 11.1 Å². The number of sulfone groups is 1. The molecule has 0 amide bonds. The van der Waals surface area contributed by atoms with Crippen LogP contribution in [0.3, 0.4) is 0 Å². The summed E-state index contributed by atoms with van der Waals surface area (Å²) in [6.07, 6.45) is 0. The molecule has 2 aromatic rings. The van der Waals surface area contributed by atoms with Gasteiger partial charge >= 0.3 is 0 Å². The number of nitrogens with two attached hydrogens (primary N) is 1. The summed E-state index contributed by atoms with van der Waals surface area (Å²) in [5.74, 6) is -0.308. The monoisotopic (exact) mass is 375 g/mol. The van der Waals surface area contributed by atoms with Crippen LogP contribution in [0, 0.1) is 12.3 Å². The Morgan fingerprint density at radius 3 is 2.28 bits per heavy atom. The molecule has 0 bridgehead atoms. The molecular weight excluding hydrogens is 354 g/mol. The number of rotatable bonds is 6. The van der Waals surface area contributed by atoms with Crippen molar-refractivity contribution in [2.75, 3.05) is 13.7 Å². The summed E-state index contributed by atoms with van der Waals surface area (Å²) in [6.45, 7) is 2.10. The van der Waals surface area contributed by atoms with Crippen molar-refractivity contribution >= 4 is 27.0 Å². The third kappa shape index (κ3) is 2.88.